The van der Waals surface area contributed by atoms with Gasteiger partial charge < -0.3 is 10.4 Å². The van der Waals surface area contributed by atoms with Gasteiger partial charge in [-0.15, -0.1) is 12.4 Å². The van der Waals surface area contributed by atoms with Gasteiger partial charge in [0.1, 0.15) is 0 Å². The predicted octanol–water partition coefficient (Wildman–Crippen LogP) is 1.51. The van der Waals surface area contributed by atoms with Crippen LogP contribution >= 0.6 is 12.4 Å². The largest absolute Gasteiger partial charge is 0.481 e. The van der Waals surface area contributed by atoms with Crippen LogP contribution in [0.5, 0.6) is 0 Å². The number of hydrogen-bond donors (Lipinski definition) is 2. The monoisotopic (exact) mass is 292 g/mol. The first-order chi connectivity index (χ1) is 8.26. The molecule has 1 aliphatic rings. The minimum Gasteiger partial charge on any atom is -0.481 e. The zero-order chi connectivity index (χ0) is 13.8. The molecule has 1 heterocycles. The Labute approximate surface area is 121 Å². The van der Waals surface area contributed by atoms with Crippen LogP contribution in [0, 0.1) is 5.92 Å². The Morgan fingerprint density at radius 3 is 2.21 bits per heavy atom. The van der Waals surface area contributed by atoms with Crippen LogP contribution in [0.3, 0.4) is 0 Å². The van der Waals surface area contributed by atoms with Crippen molar-refractivity contribution in [3.63, 3.8) is 0 Å². The third-order valence-electron chi connectivity index (χ3n) is 3.05. The van der Waals surface area contributed by atoms with Crippen molar-refractivity contribution in [2.45, 2.75) is 45.6 Å². The van der Waals surface area contributed by atoms with E-state index in [4.69, 9.17) is 5.11 Å². The van der Waals surface area contributed by atoms with Gasteiger partial charge in [-0.3, -0.25) is 14.5 Å². The Bertz CT molecular complexity index is 308. The molecule has 112 valence electrons. The Balaban J connectivity index is 0.00000324. The van der Waals surface area contributed by atoms with Gasteiger partial charge in [-0.2, -0.15) is 0 Å². The van der Waals surface area contributed by atoms with E-state index in [1.54, 1.807) is 0 Å². The lowest BCUT2D eigenvalue weighted by Gasteiger charge is -2.31. The Hall–Kier alpha value is -0.810. The predicted molar refractivity (Wildman–Crippen MR) is 76.6 cm³/mol. The van der Waals surface area contributed by atoms with Crippen LogP contribution in [0.2, 0.25) is 0 Å². The van der Waals surface area contributed by atoms with E-state index in [0.29, 0.717) is 6.54 Å². The van der Waals surface area contributed by atoms with Crippen molar-refractivity contribution in [1.29, 1.82) is 0 Å². The lowest BCUT2D eigenvalue weighted by atomic mass is 9.93. The smallest absolute Gasteiger partial charge is 0.303 e. The minimum absolute atomic E-state index is 0. The van der Waals surface area contributed by atoms with E-state index in [9.17, 15) is 9.59 Å². The number of carboxylic acid groups (broad SMARTS) is 1. The Kier molecular flexibility index (Phi) is 7.37. The molecule has 1 aliphatic heterocycles. The first kappa shape index (κ1) is 18.2. The fraction of sp³-hybridized carbons (Fsp3) is 0.846. The minimum atomic E-state index is -0.723. The average Bonchev–Trinajstić information content (AvgIpc) is 2.17. The molecule has 2 N–H and O–H groups in total. The van der Waals surface area contributed by atoms with Crippen LogP contribution in [0.1, 0.15) is 40.0 Å². The number of carbonyl (C=O) groups excluding carboxylic acids is 1. The van der Waals surface area contributed by atoms with Gasteiger partial charge in [0.05, 0.1) is 6.54 Å². The maximum Gasteiger partial charge on any atom is 0.303 e. The van der Waals surface area contributed by atoms with E-state index < -0.39 is 5.97 Å². The number of rotatable bonds is 4. The molecular weight excluding hydrogens is 268 g/mol. The summed E-state index contributed by atoms with van der Waals surface area (Å²) >= 11 is 0. The van der Waals surface area contributed by atoms with Gasteiger partial charge in [-0.05, 0) is 52.6 Å². The molecule has 1 fully saturated rings. The molecule has 1 saturated heterocycles. The van der Waals surface area contributed by atoms with Crippen molar-refractivity contribution < 1.29 is 14.7 Å². The second-order valence-corrected chi connectivity index (χ2v) is 6.12. The fourth-order valence-corrected chi connectivity index (χ4v) is 2.26. The molecule has 0 bridgehead atoms. The molecule has 5 nitrogen and oxygen atoms in total. The van der Waals surface area contributed by atoms with Gasteiger partial charge in [-0.25, -0.2) is 0 Å². The molecular formula is C13H25ClN2O3. The van der Waals surface area contributed by atoms with Crippen LogP contribution in [0.25, 0.3) is 0 Å². The second-order valence-electron chi connectivity index (χ2n) is 6.12. The maximum absolute atomic E-state index is 11.7. The molecule has 0 radical (unpaired) electrons. The number of nitrogens with zero attached hydrogens (tertiary/aromatic N) is 1. The molecule has 0 unspecified atom stereocenters. The van der Waals surface area contributed by atoms with Crippen LogP contribution in [-0.4, -0.2) is 47.1 Å². The summed E-state index contributed by atoms with van der Waals surface area (Å²) in [6.45, 7) is 7.93. The fourth-order valence-electron chi connectivity index (χ4n) is 2.26. The van der Waals surface area contributed by atoms with Crippen molar-refractivity contribution in [1.82, 2.24) is 10.2 Å². The van der Waals surface area contributed by atoms with Crippen molar-refractivity contribution in [3.05, 3.63) is 0 Å². The van der Waals surface area contributed by atoms with E-state index in [0.717, 1.165) is 25.9 Å². The highest BCUT2D eigenvalue weighted by molar-refractivity contribution is 5.85. The number of amides is 1. The molecule has 0 aliphatic carbocycles. The standard InChI is InChI=1S/C13H24N2O3.ClH/c1-13(2,3)14-11(16)9-15-6-4-10(5-7-15)8-12(17)18;/h10H,4-9H2,1-3H3,(H,14,16)(H,17,18);1H. The molecule has 0 aromatic heterocycles. The van der Waals surface area contributed by atoms with Crippen molar-refractivity contribution in [3.8, 4) is 0 Å². The van der Waals surface area contributed by atoms with Gasteiger partial charge in [0.25, 0.3) is 0 Å². The van der Waals surface area contributed by atoms with Crippen LogP contribution in [0.15, 0.2) is 0 Å². The molecule has 1 rings (SSSR count). The molecule has 0 atom stereocenters. The number of halogens is 1. The summed E-state index contributed by atoms with van der Waals surface area (Å²) in [4.78, 5) is 24.4. The third-order valence-corrected chi connectivity index (χ3v) is 3.05. The number of carbonyl (C=O) groups is 2. The van der Waals surface area contributed by atoms with Crippen molar-refractivity contribution >= 4 is 24.3 Å². The SMILES string of the molecule is CC(C)(C)NC(=O)CN1CCC(CC(=O)O)CC1.Cl. The topological polar surface area (TPSA) is 69.6 Å². The number of nitrogens with one attached hydrogen (secondary N) is 1. The zero-order valence-corrected chi connectivity index (χ0v) is 12.8. The number of piperidine rings is 1. The van der Waals surface area contributed by atoms with E-state index in [1.807, 2.05) is 20.8 Å². The lowest BCUT2D eigenvalue weighted by molar-refractivity contribution is -0.138. The van der Waals surface area contributed by atoms with Crippen LogP contribution in [0.4, 0.5) is 0 Å². The summed E-state index contributed by atoms with van der Waals surface area (Å²) in [5, 5.41) is 11.7. The number of carboxylic acids is 1. The van der Waals surface area contributed by atoms with Gasteiger partial charge in [-0.1, -0.05) is 0 Å². The number of aliphatic carboxylic acids is 1. The summed E-state index contributed by atoms with van der Waals surface area (Å²) < 4.78 is 0. The van der Waals surface area contributed by atoms with Gasteiger partial charge in [0.2, 0.25) is 5.91 Å². The van der Waals surface area contributed by atoms with Crippen molar-refractivity contribution in [2.75, 3.05) is 19.6 Å². The summed E-state index contributed by atoms with van der Waals surface area (Å²) in [7, 11) is 0. The third kappa shape index (κ3) is 8.06. The van der Waals surface area contributed by atoms with E-state index in [1.165, 1.54) is 0 Å². The molecule has 0 saturated carbocycles. The average molecular weight is 293 g/mol. The Morgan fingerprint density at radius 1 is 1.26 bits per heavy atom. The molecule has 1 amide bonds. The summed E-state index contributed by atoms with van der Waals surface area (Å²) in [5.41, 5.74) is -0.196. The van der Waals surface area contributed by atoms with E-state index >= 15 is 0 Å². The molecule has 19 heavy (non-hydrogen) atoms. The van der Waals surface area contributed by atoms with E-state index in [-0.39, 0.29) is 36.2 Å². The highest BCUT2D eigenvalue weighted by Crippen LogP contribution is 2.20. The lowest BCUT2D eigenvalue weighted by Crippen LogP contribution is -2.47. The van der Waals surface area contributed by atoms with E-state index in [2.05, 4.69) is 10.2 Å². The quantitative estimate of drug-likeness (QED) is 0.824. The van der Waals surface area contributed by atoms with Gasteiger partial charge in [0.15, 0.2) is 0 Å². The molecule has 0 aromatic rings. The highest BCUT2D eigenvalue weighted by atomic mass is 35.5. The number of likely N-dealkylation sites (tertiary alicyclic amines) is 1. The maximum atomic E-state index is 11.7. The van der Waals surface area contributed by atoms with Crippen LogP contribution in [-0.2, 0) is 9.59 Å². The van der Waals surface area contributed by atoms with Crippen molar-refractivity contribution in [2.24, 2.45) is 5.92 Å². The normalized spacial score (nSPS) is 17.6. The molecule has 0 aromatic carbocycles. The summed E-state index contributed by atoms with van der Waals surface area (Å²) in [5.74, 6) is -0.414. The zero-order valence-electron chi connectivity index (χ0n) is 11.9. The first-order valence-corrected chi connectivity index (χ1v) is 6.51. The second kappa shape index (κ2) is 7.70. The highest BCUT2D eigenvalue weighted by Gasteiger charge is 2.23. The molecule has 0 spiro atoms. The van der Waals surface area contributed by atoms with Gasteiger partial charge >= 0.3 is 5.97 Å². The molecule has 6 heteroatoms. The Morgan fingerprint density at radius 2 is 1.79 bits per heavy atom. The van der Waals surface area contributed by atoms with Crippen LogP contribution < -0.4 is 5.32 Å². The van der Waals surface area contributed by atoms with Gasteiger partial charge in [0, 0.05) is 12.0 Å². The first-order valence-electron chi connectivity index (χ1n) is 6.51. The summed E-state index contributed by atoms with van der Waals surface area (Å²) in [6, 6.07) is 0. The summed E-state index contributed by atoms with van der Waals surface area (Å²) in [6.07, 6.45) is 1.99. The number of hydrogen-bond acceptors (Lipinski definition) is 3.